The lowest BCUT2D eigenvalue weighted by Crippen LogP contribution is -2.29. The number of hydrogen-bond acceptors (Lipinski definition) is 7. The van der Waals surface area contributed by atoms with Crippen molar-refractivity contribution in [3.8, 4) is 11.5 Å². The molecule has 0 aliphatic carbocycles. The number of hydrogen-bond donors (Lipinski definition) is 1. The molecular formula is C29H26N2O5S. The van der Waals surface area contributed by atoms with Crippen LogP contribution in [-0.4, -0.2) is 35.5 Å². The fourth-order valence-electron chi connectivity index (χ4n) is 4.65. The maximum atomic E-state index is 13.5. The Kier molecular flexibility index (Phi) is 6.43. The summed E-state index contributed by atoms with van der Waals surface area (Å²) in [6, 6.07) is 17.1. The summed E-state index contributed by atoms with van der Waals surface area (Å²) >= 11 is 1.34. The van der Waals surface area contributed by atoms with Crippen LogP contribution in [0.1, 0.15) is 35.2 Å². The van der Waals surface area contributed by atoms with Gasteiger partial charge in [0.25, 0.3) is 5.78 Å². The van der Waals surface area contributed by atoms with E-state index in [0.717, 1.165) is 21.3 Å². The van der Waals surface area contributed by atoms with Crippen molar-refractivity contribution in [2.24, 2.45) is 0 Å². The highest BCUT2D eigenvalue weighted by Crippen LogP contribution is 2.45. The van der Waals surface area contributed by atoms with E-state index in [1.807, 2.05) is 32.9 Å². The van der Waals surface area contributed by atoms with Crippen LogP contribution >= 0.6 is 11.3 Å². The number of aliphatic hydroxyl groups excluding tert-OH is 1. The number of fused-ring (bicyclic) bond motifs is 1. The lowest BCUT2D eigenvalue weighted by Gasteiger charge is -2.23. The van der Waals surface area contributed by atoms with Gasteiger partial charge in [0, 0.05) is 5.56 Å². The largest absolute Gasteiger partial charge is 0.507 e. The molecule has 3 aromatic carbocycles. The number of carbonyl (C=O) groups excluding carboxylic acids is 2. The molecule has 7 nitrogen and oxygen atoms in total. The van der Waals surface area contributed by atoms with Crippen molar-refractivity contribution in [1.82, 2.24) is 4.98 Å². The van der Waals surface area contributed by atoms with Gasteiger partial charge in [-0.3, -0.25) is 14.5 Å². The van der Waals surface area contributed by atoms with Crippen molar-refractivity contribution in [2.45, 2.75) is 26.8 Å². The van der Waals surface area contributed by atoms with Gasteiger partial charge < -0.3 is 14.6 Å². The molecular weight excluding hydrogens is 488 g/mol. The van der Waals surface area contributed by atoms with Crippen LogP contribution in [0.2, 0.25) is 0 Å². The third-order valence-electron chi connectivity index (χ3n) is 6.32. The molecule has 1 aliphatic rings. The van der Waals surface area contributed by atoms with Crippen molar-refractivity contribution in [1.29, 1.82) is 0 Å². The van der Waals surface area contributed by atoms with E-state index in [1.165, 1.54) is 16.2 Å². The molecule has 1 fully saturated rings. The zero-order valence-corrected chi connectivity index (χ0v) is 21.8. The third-order valence-corrected chi connectivity index (χ3v) is 7.32. The zero-order valence-electron chi connectivity index (χ0n) is 20.9. The normalized spacial score (nSPS) is 17.0. The molecule has 5 rings (SSSR count). The number of anilines is 1. The average molecular weight is 515 g/mol. The number of aliphatic hydroxyl groups is 1. The maximum Gasteiger partial charge on any atom is 0.301 e. The molecule has 0 radical (unpaired) electrons. The molecule has 1 amide bonds. The minimum absolute atomic E-state index is 0.00503. The number of thiazole rings is 1. The van der Waals surface area contributed by atoms with E-state index in [2.05, 4.69) is 0 Å². The van der Waals surface area contributed by atoms with E-state index < -0.39 is 17.7 Å². The molecule has 8 heteroatoms. The molecule has 1 atom stereocenters. The summed E-state index contributed by atoms with van der Waals surface area (Å²) in [4.78, 5) is 33.1. The van der Waals surface area contributed by atoms with Gasteiger partial charge >= 0.3 is 5.91 Å². The van der Waals surface area contributed by atoms with Gasteiger partial charge in [-0.05, 0) is 79.9 Å². The number of carbonyl (C=O) groups is 2. The highest BCUT2D eigenvalue weighted by molar-refractivity contribution is 7.22. The number of aryl methyl sites for hydroxylation is 2. The Bertz CT molecular complexity index is 1550. The average Bonchev–Trinajstić information content (AvgIpc) is 3.43. The molecule has 0 spiro atoms. The first-order chi connectivity index (χ1) is 17.8. The SMILES string of the molecule is CCOc1ccc(C(O)=C2C(=O)C(=O)N(c3nc4c(C)cc(C)cc4s3)C2c2cccc(OC)c2)cc1. The van der Waals surface area contributed by atoms with Gasteiger partial charge in [0.15, 0.2) is 5.13 Å². The van der Waals surface area contributed by atoms with Gasteiger partial charge in [-0.15, -0.1) is 0 Å². The highest BCUT2D eigenvalue weighted by atomic mass is 32.1. The standard InChI is InChI=1S/C29H26N2O5S/c1-5-36-20-11-9-18(10-12-20)26(32)23-25(19-7-6-8-21(15-19)35-4)31(28(34)27(23)33)29-30-24-17(3)13-16(2)14-22(24)37-29/h6-15,25,32H,5H2,1-4H3. The van der Waals surface area contributed by atoms with E-state index in [4.69, 9.17) is 14.5 Å². The first-order valence-corrected chi connectivity index (χ1v) is 12.7. The fourth-order valence-corrected chi connectivity index (χ4v) is 5.82. The second-order valence-corrected chi connectivity index (χ2v) is 9.84. The first-order valence-electron chi connectivity index (χ1n) is 11.9. The minimum atomic E-state index is -0.886. The number of benzene rings is 3. The Morgan fingerprint density at radius 1 is 1.05 bits per heavy atom. The number of methoxy groups -OCH3 is 1. The number of rotatable bonds is 6. The van der Waals surface area contributed by atoms with Gasteiger partial charge in [-0.25, -0.2) is 4.98 Å². The maximum absolute atomic E-state index is 13.5. The van der Waals surface area contributed by atoms with E-state index in [9.17, 15) is 14.7 Å². The van der Waals surface area contributed by atoms with Crippen molar-refractivity contribution in [2.75, 3.05) is 18.6 Å². The second kappa shape index (κ2) is 9.71. The summed E-state index contributed by atoms with van der Waals surface area (Å²) in [5.41, 5.74) is 3.88. The zero-order chi connectivity index (χ0) is 26.3. The number of ether oxygens (including phenoxy) is 2. The van der Waals surface area contributed by atoms with Crippen molar-refractivity contribution < 1.29 is 24.2 Å². The quantitative estimate of drug-likeness (QED) is 0.194. The lowest BCUT2D eigenvalue weighted by atomic mass is 9.95. The molecule has 188 valence electrons. The Morgan fingerprint density at radius 3 is 2.51 bits per heavy atom. The van der Waals surface area contributed by atoms with E-state index in [1.54, 1.807) is 55.6 Å². The van der Waals surface area contributed by atoms with Gasteiger partial charge in [-0.1, -0.05) is 29.5 Å². The van der Waals surface area contributed by atoms with Crippen LogP contribution in [-0.2, 0) is 9.59 Å². The van der Waals surface area contributed by atoms with Crippen molar-refractivity contribution >= 4 is 44.1 Å². The van der Waals surface area contributed by atoms with Crippen LogP contribution < -0.4 is 14.4 Å². The van der Waals surface area contributed by atoms with Crippen LogP contribution in [0, 0.1) is 13.8 Å². The lowest BCUT2D eigenvalue weighted by molar-refractivity contribution is -0.132. The molecule has 37 heavy (non-hydrogen) atoms. The molecule has 0 saturated carbocycles. The summed E-state index contributed by atoms with van der Waals surface area (Å²) in [6.45, 7) is 6.37. The number of Topliss-reactive ketones (excluding diaryl/α,β-unsaturated/α-hetero) is 1. The Hall–Kier alpha value is -4.17. The van der Waals surface area contributed by atoms with Gasteiger partial charge in [0.05, 0.1) is 35.5 Å². The van der Waals surface area contributed by atoms with Crippen molar-refractivity contribution in [3.63, 3.8) is 0 Å². The molecule has 4 aromatic rings. The van der Waals surface area contributed by atoms with Crippen molar-refractivity contribution in [3.05, 3.63) is 88.5 Å². The molecule has 1 aromatic heterocycles. The Morgan fingerprint density at radius 2 is 1.81 bits per heavy atom. The fraction of sp³-hybridized carbons (Fsp3) is 0.207. The Balaban J connectivity index is 1.71. The molecule has 1 unspecified atom stereocenters. The van der Waals surface area contributed by atoms with Gasteiger partial charge in [0.2, 0.25) is 0 Å². The number of ketones is 1. The molecule has 0 bridgehead atoms. The summed E-state index contributed by atoms with van der Waals surface area (Å²) in [7, 11) is 1.55. The smallest absolute Gasteiger partial charge is 0.301 e. The highest BCUT2D eigenvalue weighted by Gasteiger charge is 2.48. The number of aromatic nitrogens is 1. The predicted octanol–water partition coefficient (Wildman–Crippen LogP) is 5.95. The van der Waals surface area contributed by atoms with Crippen LogP contribution in [0.3, 0.4) is 0 Å². The van der Waals surface area contributed by atoms with Crippen LogP contribution in [0.4, 0.5) is 5.13 Å². The van der Waals surface area contributed by atoms with E-state index >= 15 is 0 Å². The predicted molar refractivity (Wildman–Crippen MR) is 144 cm³/mol. The number of amides is 1. The van der Waals surface area contributed by atoms with E-state index in [-0.39, 0.29) is 11.3 Å². The minimum Gasteiger partial charge on any atom is -0.507 e. The van der Waals surface area contributed by atoms with Crippen LogP contribution in [0.5, 0.6) is 11.5 Å². The molecule has 2 heterocycles. The molecule has 1 saturated heterocycles. The van der Waals surface area contributed by atoms with Crippen LogP contribution in [0.25, 0.3) is 16.0 Å². The molecule has 1 N–H and O–H groups in total. The molecule has 1 aliphatic heterocycles. The summed E-state index contributed by atoms with van der Waals surface area (Å²) in [5.74, 6) is -0.561. The summed E-state index contributed by atoms with van der Waals surface area (Å²) in [5, 5.41) is 11.8. The second-order valence-electron chi connectivity index (χ2n) is 8.83. The third kappa shape index (κ3) is 4.34. The first kappa shape index (κ1) is 24.5. The van der Waals surface area contributed by atoms with Gasteiger partial charge in [0.1, 0.15) is 17.3 Å². The summed E-state index contributed by atoms with van der Waals surface area (Å²) in [6.07, 6.45) is 0. The van der Waals surface area contributed by atoms with Gasteiger partial charge in [-0.2, -0.15) is 0 Å². The van der Waals surface area contributed by atoms with E-state index in [0.29, 0.717) is 34.4 Å². The topological polar surface area (TPSA) is 89.0 Å². The Labute approximate surface area is 218 Å². The van der Waals surface area contributed by atoms with Crippen LogP contribution in [0.15, 0.2) is 66.2 Å². The monoisotopic (exact) mass is 514 g/mol. The summed E-state index contributed by atoms with van der Waals surface area (Å²) < 4.78 is 11.8. The number of nitrogens with zero attached hydrogens (tertiary/aromatic N) is 2.